The molecule has 3 aromatic rings. The van der Waals surface area contributed by atoms with Crippen LogP contribution >= 0.6 is 0 Å². The highest BCUT2D eigenvalue weighted by molar-refractivity contribution is 7.88. The van der Waals surface area contributed by atoms with Crippen molar-refractivity contribution < 1.29 is 18.1 Å². The molecule has 1 atom stereocenters. The fourth-order valence-electron chi connectivity index (χ4n) is 4.05. The number of rotatable bonds is 6. The first-order valence-corrected chi connectivity index (χ1v) is 11.5. The number of aromatic amines is 1. The van der Waals surface area contributed by atoms with Gasteiger partial charge in [-0.1, -0.05) is 48.5 Å². The van der Waals surface area contributed by atoms with Gasteiger partial charge in [0.1, 0.15) is 6.04 Å². The first kappa shape index (κ1) is 19.8. The fraction of sp³-hybridized carbons (Fsp3) is 0.318. The van der Waals surface area contributed by atoms with Gasteiger partial charge in [-0.25, -0.2) is 8.42 Å². The Bertz CT molecular complexity index is 1100. The standard InChI is InChI=1S/C22H25N3O3S/c1-17(22(26)20-15-23-21-10-6-5-9-19(20)21)24-11-13-25(14-12-24)29(27,28)16-18-7-3-2-4-8-18/h2-10,15,17,23H,11-14,16H2,1H3/p+1/t17-/m0/s1. The third-order valence-electron chi connectivity index (χ3n) is 5.81. The van der Waals surface area contributed by atoms with E-state index in [1.54, 1.807) is 10.5 Å². The van der Waals surface area contributed by atoms with Crippen molar-refractivity contribution in [3.05, 3.63) is 71.9 Å². The van der Waals surface area contributed by atoms with E-state index in [9.17, 15) is 13.2 Å². The Kier molecular flexibility index (Phi) is 5.54. The van der Waals surface area contributed by atoms with Gasteiger partial charge in [0.05, 0.1) is 31.9 Å². The van der Waals surface area contributed by atoms with Crippen LogP contribution in [0.5, 0.6) is 0 Å². The van der Waals surface area contributed by atoms with Gasteiger partial charge in [-0.05, 0) is 18.6 Å². The van der Waals surface area contributed by atoms with Gasteiger partial charge >= 0.3 is 0 Å². The zero-order valence-electron chi connectivity index (χ0n) is 16.5. The lowest BCUT2D eigenvalue weighted by Crippen LogP contribution is -3.18. The van der Waals surface area contributed by atoms with Crippen molar-refractivity contribution >= 4 is 26.7 Å². The monoisotopic (exact) mass is 412 g/mol. The number of carbonyl (C=O) groups excluding carboxylic acids is 1. The van der Waals surface area contributed by atoms with Crippen LogP contribution in [0.2, 0.25) is 0 Å². The molecular weight excluding hydrogens is 386 g/mol. The molecule has 2 heterocycles. The molecule has 29 heavy (non-hydrogen) atoms. The summed E-state index contributed by atoms with van der Waals surface area (Å²) in [6.07, 6.45) is 1.78. The van der Waals surface area contributed by atoms with Crippen LogP contribution in [0.4, 0.5) is 0 Å². The second kappa shape index (κ2) is 8.10. The number of hydrogen-bond acceptors (Lipinski definition) is 3. The van der Waals surface area contributed by atoms with Gasteiger partial charge in [-0.2, -0.15) is 4.31 Å². The summed E-state index contributed by atoms with van der Waals surface area (Å²) >= 11 is 0. The molecule has 0 bridgehead atoms. The van der Waals surface area contributed by atoms with E-state index in [-0.39, 0.29) is 17.6 Å². The smallest absolute Gasteiger partial charge is 0.221 e. The van der Waals surface area contributed by atoms with Crippen LogP contribution in [-0.2, 0) is 15.8 Å². The number of nitrogens with one attached hydrogen (secondary N) is 2. The Morgan fingerprint density at radius 1 is 1.07 bits per heavy atom. The molecule has 0 spiro atoms. The molecule has 6 nitrogen and oxygen atoms in total. The van der Waals surface area contributed by atoms with Crippen LogP contribution in [0.1, 0.15) is 22.8 Å². The second-order valence-corrected chi connectivity index (χ2v) is 9.60. The first-order valence-electron chi connectivity index (χ1n) is 9.92. The Balaban J connectivity index is 1.40. The molecule has 1 aromatic heterocycles. The largest absolute Gasteiger partial charge is 0.360 e. The van der Waals surface area contributed by atoms with E-state index >= 15 is 0 Å². The molecule has 0 unspecified atom stereocenters. The van der Waals surface area contributed by atoms with Crippen LogP contribution < -0.4 is 4.90 Å². The number of hydrogen-bond donors (Lipinski definition) is 2. The molecule has 0 aliphatic carbocycles. The number of aromatic nitrogens is 1. The van der Waals surface area contributed by atoms with Crippen LogP contribution in [0.3, 0.4) is 0 Å². The van der Waals surface area contributed by atoms with Crippen LogP contribution in [0.15, 0.2) is 60.8 Å². The van der Waals surface area contributed by atoms with E-state index in [1.165, 1.54) is 0 Å². The molecule has 0 radical (unpaired) electrons. The fourth-order valence-corrected chi connectivity index (χ4v) is 5.59. The Morgan fingerprint density at radius 3 is 2.45 bits per heavy atom. The predicted octanol–water partition coefficient (Wildman–Crippen LogP) is 1.47. The summed E-state index contributed by atoms with van der Waals surface area (Å²) in [4.78, 5) is 17.4. The van der Waals surface area contributed by atoms with Crippen molar-refractivity contribution in [1.82, 2.24) is 9.29 Å². The van der Waals surface area contributed by atoms with Crippen molar-refractivity contribution in [2.24, 2.45) is 0 Å². The summed E-state index contributed by atoms with van der Waals surface area (Å²) < 4.78 is 27.1. The minimum Gasteiger partial charge on any atom is -0.360 e. The van der Waals surface area contributed by atoms with Crippen LogP contribution in [0, 0.1) is 0 Å². The third kappa shape index (κ3) is 4.12. The van der Waals surface area contributed by atoms with E-state index < -0.39 is 10.0 Å². The van der Waals surface area contributed by atoms with Gasteiger partial charge in [0.25, 0.3) is 0 Å². The SMILES string of the molecule is C[C@@H](C(=O)c1c[nH]c2ccccc12)[NH+]1CCN(S(=O)(=O)Cc2ccccc2)CC1. The predicted molar refractivity (Wildman–Crippen MR) is 113 cm³/mol. The number of sulfonamides is 1. The Hall–Kier alpha value is -2.48. The van der Waals surface area contributed by atoms with Crippen molar-refractivity contribution in [3.63, 3.8) is 0 Å². The maximum absolute atomic E-state index is 13.1. The van der Waals surface area contributed by atoms with E-state index in [0.29, 0.717) is 31.7 Å². The molecule has 4 rings (SSSR count). The number of piperazine rings is 1. The number of fused-ring (bicyclic) bond motifs is 1. The van der Waals surface area contributed by atoms with E-state index in [2.05, 4.69) is 4.98 Å². The summed E-state index contributed by atoms with van der Waals surface area (Å²) in [6, 6.07) is 16.8. The minimum absolute atomic E-state index is 0.0208. The minimum atomic E-state index is -3.35. The zero-order chi connectivity index (χ0) is 20.4. The van der Waals surface area contributed by atoms with Crippen LogP contribution in [0.25, 0.3) is 10.9 Å². The highest BCUT2D eigenvalue weighted by Gasteiger charge is 2.34. The van der Waals surface area contributed by atoms with Crippen LogP contribution in [-0.4, -0.2) is 55.7 Å². The molecule has 1 fully saturated rings. The number of nitrogens with zero attached hydrogens (tertiary/aromatic N) is 1. The number of para-hydroxylation sites is 1. The van der Waals surface area contributed by atoms with Crippen molar-refractivity contribution in [2.45, 2.75) is 18.7 Å². The lowest BCUT2D eigenvalue weighted by atomic mass is 10.0. The Morgan fingerprint density at radius 2 is 1.72 bits per heavy atom. The maximum Gasteiger partial charge on any atom is 0.221 e. The van der Waals surface area contributed by atoms with E-state index in [4.69, 9.17) is 0 Å². The molecule has 7 heteroatoms. The highest BCUT2D eigenvalue weighted by atomic mass is 32.2. The lowest BCUT2D eigenvalue weighted by Gasteiger charge is -2.34. The van der Waals surface area contributed by atoms with Crippen molar-refractivity contribution in [2.75, 3.05) is 26.2 Å². The number of H-pyrrole nitrogens is 1. The second-order valence-electron chi connectivity index (χ2n) is 7.63. The van der Waals surface area contributed by atoms with Crippen molar-refractivity contribution in [3.8, 4) is 0 Å². The zero-order valence-corrected chi connectivity index (χ0v) is 17.3. The lowest BCUT2D eigenvalue weighted by molar-refractivity contribution is -0.917. The molecule has 2 N–H and O–H groups in total. The molecule has 0 amide bonds. The average molecular weight is 413 g/mol. The van der Waals surface area contributed by atoms with Gasteiger partial charge in [-0.3, -0.25) is 4.79 Å². The molecule has 1 aliphatic rings. The van der Waals surface area contributed by atoms with Gasteiger partial charge in [-0.15, -0.1) is 0 Å². The van der Waals surface area contributed by atoms with Crippen molar-refractivity contribution in [1.29, 1.82) is 0 Å². The molecule has 1 aliphatic heterocycles. The summed E-state index contributed by atoms with van der Waals surface area (Å²) in [7, 11) is -3.35. The summed E-state index contributed by atoms with van der Waals surface area (Å²) in [5, 5.41) is 0.938. The average Bonchev–Trinajstić information content (AvgIpc) is 3.17. The molecule has 152 valence electrons. The quantitative estimate of drug-likeness (QED) is 0.602. The highest BCUT2D eigenvalue weighted by Crippen LogP contribution is 2.19. The summed E-state index contributed by atoms with van der Waals surface area (Å²) in [5.74, 6) is 0.116. The van der Waals surface area contributed by atoms with E-state index in [1.807, 2.05) is 61.5 Å². The number of carbonyl (C=O) groups is 1. The normalized spacial score (nSPS) is 17.4. The van der Waals surface area contributed by atoms with Gasteiger partial charge in [0.15, 0.2) is 0 Å². The molecule has 0 saturated carbocycles. The molecule has 2 aromatic carbocycles. The topological polar surface area (TPSA) is 74.7 Å². The third-order valence-corrected chi connectivity index (χ3v) is 7.66. The summed E-state index contributed by atoms with van der Waals surface area (Å²) in [6.45, 7) is 4.08. The van der Waals surface area contributed by atoms with E-state index in [0.717, 1.165) is 21.4 Å². The molecular formula is C22H26N3O3S+. The van der Waals surface area contributed by atoms with Gasteiger partial charge < -0.3 is 9.88 Å². The number of ketones is 1. The first-order chi connectivity index (χ1) is 14.0. The summed E-state index contributed by atoms with van der Waals surface area (Å²) in [5.41, 5.74) is 2.46. The number of benzene rings is 2. The van der Waals surface area contributed by atoms with Gasteiger partial charge in [0, 0.05) is 22.7 Å². The van der Waals surface area contributed by atoms with Gasteiger partial charge in [0.2, 0.25) is 15.8 Å². The molecule has 1 saturated heterocycles. The Labute approximate surface area is 171 Å². The maximum atomic E-state index is 13.1. The number of quaternary nitrogens is 1. The number of Topliss-reactive ketones (excluding diaryl/α,β-unsaturated/α-hetero) is 1.